The molecule has 0 unspecified atom stereocenters. The third kappa shape index (κ3) is 3.27. The second-order valence-electron chi connectivity index (χ2n) is 4.47. The van der Waals surface area contributed by atoms with Crippen molar-refractivity contribution in [2.24, 2.45) is 0 Å². The van der Waals surface area contributed by atoms with E-state index in [1.54, 1.807) is 26.0 Å². The van der Waals surface area contributed by atoms with E-state index >= 15 is 0 Å². The highest BCUT2D eigenvalue weighted by atomic mass is 16.3. The molecule has 0 atom stereocenters. The minimum Gasteiger partial charge on any atom is -0.396 e. The Bertz CT molecular complexity index is 359. The molecule has 0 aliphatic carbocycles. The van der Waals surface area contributed by atoms with Gasteiger partial charge in [0.2, 0.25) is 0 Å². The predicted molar refractivity (Wildman–Crippen MR) is 67.2 cm³/mol. The molecule has 0 aliphatic heterocycles. The van der Waals surface area contributed by atoms with Crippen molar-refractivity contribution in [3.05, 3.63) is 12.1 Å². The van der Waals surface area contributed by atoms with Crippen molar-refractivity contribution in [1.29, 1.82) is 0 Å². The van der Waals surface area contributed by atoms with E-state index in [0.29, 0.717) is 18.1 Å². The largest absolute Gasteiger partial charge is 0.396 e. The first-order valence-electron chi connectivity index (χ1n) is 5.33. The molecular formula is C11H20N4O. The first-order valence-corrected chi connectivity index (χ1v) is 5.33. The molecule has 0 saturated carbocycles. The third-order valence-corrected chi connectivity index (χ3v) is 2.23. The maximum Gasteiger partial charge on any atom is 0.149 e. The number of likely N-dealkylation sites (N-methyl/N-ethyl adjacent to an activating group) is 1. The summed E-state index contributed by atoms with van der Waals surface area (Å²) in [6.45, 7) is 6.77. The van der Waals surface area contributed by atoms with E-state index in [-0.39, 0.29) is 0 Å². The number of pyridine rings is 1. The Morgan fingerprint density at radius 1 is 1.38 bits per heavy atom. The predicted octanol–water partition coefficient (Wildman–Crippen LogP) is 0.843. The van der Waals surface area contributed by atoms with Gasteiger partial charge in [0.05, 0.1) is 11.3 Å². The SMILES string of the molecule is CCN(CC(C)(C)O)c1ccc(N)c(N)n1. The summed E-state index contributed by atoms with van der Waals surface area (Å²) in [7, 11) is 0. The molecule has 0 saturated heterocycles. The van der Waals surface area contributed by atoms with Gasteiger partial charge in [0.15, 0.2) is 0 Å². The smallest absolute Gasteiger partial charge is 0.149 e. The minimum absolute atomic E-state index is 0.326. The lowest BCUT2D eigenvalue weighted by atomic mass is 10.1. The van der Waals surface area contributed by atoms with Crippen LogP contribution in [0.1, 0.15) is 20.8 Å². The summed E-state index contributed by atoms with van der Waals surface area (Å²) in [6.07, 6.45) is 0. The molecular weight excluding hydrogens is 204 g/mol. The van der Waals surface area contributed by atoms with Crippen LogP contribution in [0, 0.1) is 0 Å². The van der Waals surface area contributed by atoms with Gasteiger partial charge in [0, 0.05) is 13.1 Å². The number of anilines is 3. The van der Waals surface area contributed by atoms with Crippen LogP contribution in [-0.2, 0) is 0 Å². The summed E-state index contributed by atoms with van der Waals surface area (Å²) in [5.74, 6) is 1.06. The van der Waals surface area contributed by atoms with Crippen LogP contribution in [0.5, 0.6) is 0 Å². The van der Waals surface area contributed by atoms with Crippen molar-refractivity contribution in [1.82, 2.24) is 4.98 Å². The summed E-state index contributed by atoms with van der Waals surface area (Å²) in [5.41, 5.74) is 11.0. The Morgan fingerprint density at radius 2 is 2.00 bits per heavy atom. The second-order valence-corrected chi connectivity index (χ2v) is 4.47. The van der Waals surface area contributed by atoms with Crippen LogP contribution in [0.15, 0.2) is 12.1 Å². The summed E-state index contributed by atoms with van der Waals surface area (Å²) >= 11 is 0. The van der Waals surface area contributed by atoms with Crippen LogP contribution in [0.25, 0.3) is 0 Å². The molecule has 0 fully saturated rings. The Morgan fingerprint density at radius 3 is 2.44 bits per heavy atom. The van der Waals surface area contributed by atoms with Crippen LogP contribution in [0.4, 0.5) is 17.3 Å². The molecule has 90 valence electrons. The summed E-state index contributed by atoms with van der Waals surface area (Å²) < 4.78 is 0. The quantitative estimate of drug-likeness (QED) is 0.705. The minimum atomic E-state index is -0.770. The normalized spacial score (nSPS) is 11.5. The number of hydrogen-bond acceptors (Lipinski definition) is 5. The van der Waals surface area contributed by atoms with E-state index in [0.717, 1.165) is 12.4 Å². The molecule has 1 aromatic heterocycles. The van der Waals surface area contributed by atoms with Gasteiger partial charge in [-0.05, 0) is 32.9 Å². The van der Waals surface area contributed by atoms with E-state index < -0.39 is 5.60 Å². The number of aromatic nitrogens is 1. The summed E-state index contributed by atoms with van der Waals surface area (Å²) in [4.78, 5) is 6.15. The number of rotatable bonds is 4. The zero-order valence-corrected chi connectivity index (χ0v) is 10.1. The molecule has 0 amide bonds. The molecule has 16 heavy (non-hydrogen) atoms. The molecule has 0 spiro atoms. The Hall–Kier alpha value is -1.49. The molecule has 0 radical (unpaired) electrons. The van der Waals surface area contributed by atoms with Gasteiger partial charge in [-0.2, -0.15) is 0 Å². The van der Waals surface area contributed by atoms with Crippen molar-refractivity contribution >= 4 is 17.3 Å². The Balaban J connectivity index is 2.91. The maximum atomic E-state index is 9.78. The summed E-state index contributed by atoms with van der Waals surface area (Å²) in [5, 5.41) is 9.78. The first-order chi connectivity index (χ1) is 7.33. The fourth-order valence-electron chi connectivity index (χ4n) is 1.47. The Kier molecular flexibility index (Phi) is 3.59. The van der Waals surface area contributed by atoms with Crippen LogP contribution in [0.2, 0.25) is 0 Å². The topological polar surface area (TPSA) is 88.4 Å². The van der Waals surface area contributed by atoms with Gasteiger partial charge in [0.1, 0.15) is 11.6 Å². The van der Waals surface area contributed by atoms with Crippen LogP contribution < -0.4 is 16.4 Å². The number of aliphatic hydroxyl groups is 1. The van der Waals surface area contributed by atoms with E-state index in [1.165, 1.54) is 0 Å². The number of nitrogen functional groups attached to an aromatic ring is 2. The zero-order valence-electron chi connectivity index (χ0n) is 10.1. The average molecular weight is 224 g/mol. The average Bonchev–Trinajstić information content (AvgIpc) is 2.17. The fourth-order valence-corrected chi connectivity index (χ4v) is 1.47. The fraction of sp³-hybridized carbons (Fsp3) is 0.545. The second kappa shape index (κ2) is 4.57. The lowest BCUT2D eigenvalue weighted by Gasteiger charge is -2.29. The molecule has 1 heterocycles. The zero-order chi connectivity index (χ0) is 12.3. The van der Waals surface area contributed by atoms with Crippen molar-refractivity contribution < 1.29 is 5.11 Å². The number of nitrogens with zero attached hydrogens (tertiary/aromatic N) is 2. The van der Waals surface area contributed by atoms with Crippen molar-refractivity contribution in [3.63, 3.8) is 0 Å². The first kappa shape index (κ1) is 12.6. The molecule has 0 aromatic carbocycles. The van der Waals surface area contributed by atoms with E-state index in [4.69, 9.17) is 11.5 Å². The highest BCUT2D eigenvalue weighted by Gasteiger charge is 2.18. The summed E-state index contributed by atoms with van der Waals surface area (Å²) in [6, 6.07) is 3.53. The van der Waals surface area contributed by atoms with E-state index in [1.807, 2.05) is 11.8 Å². The molecule has 0 aliphatic rings. The van der Waals surface area contributed by atoms with Gasteiger partial charge in [-0.3, -0.25) is 0 Å². The highest BCUT2D eigenvalue weighted by Crippen LogP contribution is 2.19. The maximum absolute atomic E-state index is 9.78. The van der Waals surface area contributed by atoms with Crippen LogP contribution >= 0.6 is 0 Å². The number of nitrogens with two attached hydrogens (primary N) is 2. The monoisotopic (exact) mass is 224 g/mol. The van der Waals surface area contributed by atoms with Crippen molar-refractivity contribution in [2.45, 2.75) is 26.4 Å². The molecule has 0 bridgehead atoms. The Labute approximate surface area is 96.1 Å². The van der Waals surface area contributed by atoms with Gasteiger partial charge in [-0.15, -0.1) is 0 Å². The third-order valence-electron chi connectivity index (χ3n) is 2.23. The van der Waals surface area contributed by atoms with E-state index in [2.05, 4.69) is 4.98 Å². The molecule has 1 rings (SSSR count). The van der Waals surface area contributed by atoms with Crippen molar-refractivity contribution in [2.75, 3.05) is 29.5 Å². The highest BCUT2D eigenvalue weighted by molar-refractivity contribution is 5.62. The lowest BCUT2D eigenvalue weighted by Crippen LogP contribution is -2.39. The van der Waals surface area contributed by atoms with E-state index in [9.17, 15) is 5.11 Å². The van der Waals surface area contributed by atoms with Gasteiger partial charge in [-0.1, -0.05) is 0 Å². The van der Waals surface area contributed by atoms with Gasteiger partial charge >= 0.3 is 0 Å². The van der Waals surface area contributed by atoms with Gasteiger partial charge in [0.25, 0.3) is 0 Å². The molecule has 5 N–H and O–H groups in total. The van der Waals surface area contributed by atoms with Gasteiger partial charge < -0.3 is 21.5 Å². The molecule has 5 nitrogen and oxygen atoms in total. The molecule has 1 aromatic rings. The molecule has 5 heteroatoms. The van der Waals surface area contributed by atoms with Crippen LogP contribution in [-0.4, -0.2) is 28.8 Å². The standard InChI is InChI=1S/C11H20N4O/c1-4-15(7-11(2,3)16)9-6-5-8(12)10(13)14-9/h5-6,16H,4,7,12H2,1-3H3,(H2,13,14). The van der Waals surface area contributed by atoms with Gasteiger partial charge in [-0.25, -0.2) is 4.98 Å². The number of hydrogen-bond donors (Lipinski definition) is 3. The lowest BCUT2D eigenvalue weighted by molar-refractivity contribution is 0.0874. The van der Waals surface area contributed by atoms with Crippen molar-refractivity contribution in [3.8, 4) is 0 Å². The van der Waals surface area contributed by atoms with Crippen LogP contribution in [0.3, 0.4) is 0 Å².